The van der Waals surface area contributed by atoms with E-state index in [-0.39, 0.29) is 0 Å². The molecule has 2 aliphatic carbocycles. The summed E-state index contributed by atoms with van der Waals surface area (Å²) >= 11 is 0. The molecule has 0 aromatic carbocycles. The van der Waals surface area contributed by atoms with Crippen LogP contribution in [0.5, 0.6) is 0 Å². The zero-order valence-corrected chi connectivity index (χ0v) is 6.66. The standard InChI is InChI=1S/C10H13N/c11-7-9-5-1-3-8-4-2-6-10(8)9/h2,4,8-10H,1,3,5-6H2. The van der Waals surface area contributed by atoms with Gasteiger partial charge >= 0.3 is 0 Å². The van der Waals surface area contributed by atoms with Crippen LogP contribution in [-0.4, -0.2) is 0 Å². The molecule has 1 fully saturated rings. The minimum Gasteiger partial charge on any atom is -0.198 e. The van der Waals surface area contributed by atoms with Gasteiger partial charge in [0.2, 0.25) is 0 Å². The van der Waals surface area contributed by atoms with E-state index in [1.165, 1.54) is 12.8 Å². The largest absolute Gasteiger partial charge is 0.198 e. The van der Waals surface area contributed by atoms with Gasteiger partial charge in [-0.15, -0.1) is 0 Å². The average molecular weight is 147 g/mol. The predicted molar refractivity (Wildman–Crippen MR) is 43.7 cm³/mol. The van der Waals surface area contributed by atoms with E-state index in [2.05, 4.69) is 18.2 Å². The highest BCUT2D eigenvalue weighted by Crippen LogP contribution is 2.41. The topological polar surface area (TPSA) is 23.8 Å². The van der Waals surface area contributed by atoms with Crippen molar-refractivity contribution in [1.82, 2.24) is 0 Å². The van der Waals surface area contributed by atoms with Crippen LogP contribution in [0.1, 0.15) is 25.7 Å². The van der Waals surface area contributed by atoms with Gasteiger partial charge in [-0.2, -0.15) is 5.26 Å². The van der Waals surface area contributed by atoms with Gasteiger partial charge in [0.25, 0.3) is 0 Å². The molecule has 3 unspecified atom stereocenters. The summed E-state index contributed by atoms with van der Waals surface area (Å²) in [4.78, 5) is 0. The first-order chi connectivity index (χ1) is 5.42. The van der Waals surface area contributed by atoms with E-state index >= 15 is 0 Å². The third kappa shape index (κ3) is 1.07. The number of allylic oxidation sites excluding steroid dienone is 2. The second kappa shape index (κ2) is 2.70. The Morgan fingerprint density at radius 2 is 2.27 bits per heavy atom. The van der Waals surface area contributed by atoms with Crippen LogP contribution in [0.3, 0.4) is 0 Å². The van der Waals surface area contributed by atoms with Gasteiger partial charge in [-0.3, -0.25) is 0 Å². The van der Waals surface area contributed by atoms with Crippen molar-refractivity contribution in [1.29, 1.82) is 5.26 Å². The van der Waals surface area contributed by atoms with Crippen LogP contribution < -0.4 is 0 Å². The third-order valence-electron chi connectivity index (χ3n) is 3.08. The minimum atomic E-state index is 0.351. The van der Waals surface area contributed by atoms with Gasteiger partial charge in [0.15, 0.2) is 0 Å². The highest BCUT2D eigenvalue weighted by atomic mass is 14.4. The van der Waals surface area contributed by atoms with E-state index in [0.717, 1.165) is 18.8 Å². The molecule has 0 saturated heterocycles. The molecule has 0 N–H and O–H groups in total. The Morgan fingerprint density at radius 3 is 3.09 bits per heavy atom. The normalized spacial score (nSPS) is 41.5. The quantitative estimate of drug-likeness (QED) is 0.483. The molecular formula is C10H13N. The van der Waals surface area contributed by atoms with E-state index in [1.807, 2.05) is 0 Å². The summed E-state index contributed by atoms with van der Waals surface area (Å²) in [6.07, 6.45) is 9.43. The van der Waals surface area contributed by atoms with Gasteiger partial charge in [0.1, 0.15) is 0 Å². The van der Waals surface area contributed by atoms with Gasteiger partial charge in [0, 0.05) is 5.92 Å². The molecule has 1 nitrogen and oxygen atoms in total. The van der Waals surface area contributed by atoms with Gasteiger partial charge in [0.05, 0.1) is 6.07 Å². The molecule has 0 heterocycles. The van der Waals surface area contributed by atoms with Crippen LogP contribution in [0.25, 0.3) is 0 Å². The molecule has 0 aromatic heterocycles. The number of nitriles is 1. The van der Waals surface area contributed by atoms with Gasteiger partial charge < -0.3 is 0 Å². The second-order valence-electron chi connectivity index (χ2n) is 3.66. The molecule has 11 heavy (non-hydrogen) atoms. The average Bonchev–Trinajstić information content (AvgIpc) is 2.50. The maximum absolute atomic E-state index is 8.86. The maximum Gasteiger partial charge on any atom is 0.0659 e. The Labute approximate surface area is 67.7 Å². The lowest BCUT2D eigenvalue weighted by Crippen LogP contribution is -2.22. The van der Waals surface area contributed by atoms with Crippen molar-refractivity contribution in [2.75, 3.05) is 0 Å². The van der Waals surface area contributed by atoms with Crippen LogP contribution >= 0.6 is 0 Å². The lowest BCUT2D eigenvalue weighted by Gasteiger charge is -2.28. The predicted octanol–water partition coefficient (Wildman–Crippen LogP) is 2.50. The van der Waals surface area contributed by atoms with Crippen molar-refractivity contribution in [2.45, 2.75) is 25.7 Å². The molecule has 58 valence electrons. The molecule has 0 aliphatic heterocycles. The molecule has 0 aromatic rings. The van der Waals surface area contributed by atoms with Crippen LogP contribution in [0.4, 0.5) is 0 Å². The first kappa shape index (κ1) is 6.91. The van der Waals surface area contributed by atoms with Crippen LogP contribution in [-0.2, 0) is 0 Å². The Balaban J connectivity index is 2.11. The summed E-state index contributed by atoms with van der Waals surface area (Å²) in [6, 6.07) is 2.44. The zero-order valence-electron chi connectivity index (χ0n) is 6.66. The van der Waals surface area contributed by atoms with Crippen LogP contribution in [0.2, 0.25) is 0 Å². The Kier molecular flexibility index (Phi) is 1.69. The molecular weight excluding hydrogens is 134 g/mol. The van der Waals surface area contributed by atoms with Gasteiger partial charge in [-0.1, -0.05) is 18.6 Å². The fourth-order valence-electron chi connectivity index (χ4n) is 2.45. The van der Waals surface area contributed by atoms with E-state index < -0.39 is 0 Å². The molecule has 0 amide bonds. The van der Waals surface area contributed by atoms with Gasteiger partial charge in [-0.05, 0) is 31.1 Å². The Bertz CT molecular complexity index is 211. The number of hydrogen-bond acceptors (Lipinski definition) is 1. The van der Waals surface area contributed by atoms with Crippen LogP contribution in [0.15, 0.2) is 12.2 Å². The maximum atomic E-state index is 8.86. The summed E-state index contributed by atoms with van der Waals surface area (Å²) in [5.41, 5.74) is 0. The SMILES string of the molecule is N#CC1CCCC2C=CCC12. The fourth-order valence-corrected chi connectivity index (χ4v) is 2.45. The van der Waals surface area contributed by atoms with E-state index in [4.69, 9.17) is 5.26 Å². The summed E-state index contributed by atoms with van der Waals surface area (Å²) in [7, 11) is 0. The Hall–Kier alpha value is -0.770. The van der Waals surface area contributed by atoms with Crippen molar-refractivity contribution in [3.8, 4) is 6.07 Å². The molecule has 1 saturated carbocycles. The molecule has 0 bridgehead atoms. The number of hydrogen-bond donors (Lipinski definition) is 0. The van der Waals surface area contributed by atoms with E-state index in [0.29, 0.717) is 11.8 Å². The van der Waals surface area contributed by atoms with E-state index in [9.17, 15) is 0 Å². The lowest BCUT2D eigenvalue weighted by atomic mass is 9.74. The molecule has 0 radical (unpaired) electrons. The summed E-state index contributed by atoms with van der Waals surface area (Å²) in [5.74, 6) is 1.77. The molecule has 3 atom stereocenters. The lowest BCUT2D eigenvalue weighted by molar-refractivity contribution is 0.245. The number of rotatable bonds is 0. The first-order valence-corrected chi connectivity index (χ1v) is 4.48. The zero-order chi connectivity index (χ0) is 7.68. The smallest absolute Gasteiger partial charge is 0.0659 e. The molecule has 1 heteroatoms. The summed E-state index contributed by atoms with van der Waals surface area (Å²) in [6.45, 7) is 0. The highest BCUT2D eigenvalue weighted by Gasteiger charge is 2.33. The third-order valence-corrected chi connectivity index (χ3v) is 3.08. The van der Waals surface area contributed by atoms with Crippen molar-refractivity contribution in [2.24, 2.45) is 17.8 Å². The number of nitrogens with zero attached hydrogens (tertiary/aromatic N) is 1. The van der Waals surface area contributed by atoms with Crippen molar-refractivity contribution in [3.63, 3.8) is 0 Å². The fraction of sp³-hybridized carbons (Fsp3) is 0.700. The summed E-state index contributed by atoms with van der Waals surface area (Å²) in [5, 5.41) is 8.86. The van der Waals surface area contributed by atoms with Crippen molar-refractivity contribution < 1.29 is 0 Å². The van der Waals surface area contributed by atoms with Crippen molar-refractivity contribution in [3.05, 3.63) is 12.2 Å². The monoisotopic (exact) mass is 147 g/mol. The highest BCUT2D eigenvalue weighted by molar-refractivity contribution is 5.08. The Morgan fingerprint density at radius 1 is 1.36 bits per heavy atom. The van der Waals surface area contributed by atoms with Crippen LogP contribution in [0, 0.1) is 29.1 Å². The molecule has 0 spiro atoms. The number of fused-ring (bicyclic) bond motifs is 1. The molecule has 2 aliphatic rings. The molecule has 2 rings (SSSR count). The van der Waals surface area contributed by atoms with E-state index in [1.54, 1.807) is 0 Å². The van der Waals surface area contributed by atoms with Crippen molar-refractivity contribution >= 4 is 0 Å². The second-order valence-corrected chi connectivity index (χ2v) is 3.66. The first-order valence-electron chi connectivity index (χ1n) is 4.48. The van der Waals surface area contributed by atoms with Gasteiger partial charge in [-0.25, -0.2) is 0 Å². The minimum absolute atomic E-state index is 0.351. The summed E-state index contributed by atoms with van der Waals surface area (Å²) < 4.78 is 0.